The van der Waals surface area contributed by atoms with Crippen LogP contribution in [0.25, 0.3) is 0 Å². The summed E-state index contributed by atoms with van der Waals surface area (Å²) in [7, 11) is 1.74. The number of hydrogen-bond donors (Lipinski definition) is 2. The molecular formula is C19H24N4O3. The lowest BCUT2D eigenvalue weighted by molar-refractivity contribution is -0.122. The highest BCUT2D eigenvalue weighted by Crippen LogP contribution is 2.29. The molecule has 26 heavy (non-hydrogen) atoms. The van der Waals surface area contributed by atoms with Gasteiger partial charge >= 0.3 is 6.03 Å². The van der Waals surface area contributed by atoms with E-state index in [1.807, 2.05) is 6.07 Å². The molecule has 7 nitrogen and oxygen atoms in total. The summed E-state index contributed by atoms with van der Waals surface area (Å²) < 4.78 is 0. The molecule has 2 atom stereocenters. The van der Waals surface area contributed by atoms with Crippen LogP contribution in [0.1, 0.15) is 20.3 Å². The molecule has 0 aliphatic carbocycles. The van der Waals surface area contributed by atoms with Crippen LogP contribution in [0.15, 0.2) is 42.1 Å². The zero-order valence-corrected chi connectivity index (χ0v) is 15.2. The average Bonchev–Trinajstić information content (AvgIpc) is 2.92. The highest BCUT2D eigenvalue weighted by Gasteiger charge is 2.49. The first-order valence-corrected chi connectivity index (χ1v) is 8.81. The zero-order valence-electron chi connectivity index (χ0n) is 15.2. The van der Waals surface area contributed by atoms with Crippen LogP contribution in [-0.2, 0) is 9.59 Å². The highest BCUT2D eigenvalue weighted by molar-refractivity contribution is 6.19. The Balaban J connectivity index is 1.77. The fourth-order valence-corrected chi connectivity index (χ4v) is 3.29. The van der Waals surface area contributed by atoms with Crippen molar-refractivity contribution in [1.29, 1.82) is 0 Å². The number of para-hydroxylation sites is 1. The average molecular weight is 356 g/mol. The van der Waals surface area contributed by atoms with Gasteiger partial charge in [0.1, 0.15) is 6.04 Å². The molecule has 0 saturated carbocycles. The van der Waals surface area contributed by atoms with E-state index in [1.165, 1.54) is 0 Å². The largest absolute Gasteiger partial charge is 0.366 e. The number of carbonyl (C=O) groups is 3. The van der Waals surface area contributed by atoms with Crippen LogP contribution in [0.5, 0.6) is 0 Å². The molecule has 138 valence electrons. The van der Waals surface area contributed by atoms with Crippen molar-refractivity contribution in [2.75, 3.05) is 18.5 Å². The van der Waals surface area contributed by atoms with E-state index >= 15 is 0 Å². The molecule has 0 bridgehead atoms. The van der Waals surface area contributed by atoms with E-state index in [-0.39, 0.29) is 11.8 Å². The van der Waals surface area contributed by atoms with E-state index in [4.69, 9.17) is 0 Å². The maximum Gasteiger partial charge on any atom is 0.329 e. The van der Waals surface area contributed by atoms with Gasteiger partial charge in [0, 0.05) is 19.8 Å². The topological polar surface area (TPSA) is 81.8 Å². The summed E-state index contributed by atoms with van der Waals surface area (Å²) in [6, 6.07) is 7.00. The van der Waals surface area contributed by atoms with Gasteiger partial charge in [-0.15, -0.1) is 0 Å². The molecule has 1 aromatic carbocycles. The Morgan fingerprint density at radius 2 is 1.92 bits per heavy atom. The molecular weight excluding hydrogens is 332 g/mol. The molecule has 1 fully saturated rings. The Morgan fingerprint density at radius 1 is 1.23 bits per heavy atom. The summed E-state index contributed by atoms with van der Waals surface area (Å²) in [5.74, 6) is -0.0985. The minimum absolute atomic E-state index is 0.244. The minimum atomic E-state index is -0.640. The number of nitrogens with one attached hydrogen (secondary N) is 2. The third kappa shape index (κ3) is 3.29. The fraction of sp³-hybridized carbons (Fsp3) is 0.421. The molecule has 2 unspecified atom stereocenters. The van der Waals surface area contributed by atoms with Crippen LogP contribution >= 0.6 is 0 Å². The standard InChI is InChI=1S/C19H24N4O3/c1-12(2)9-10-20-17(24)14-11-22(3)16-15(14)21-19(26)23(18(16)25)13-7-5-4-6-8-13/h4-8,11-12,15-16H,9-10H2,1-3H3,(H,20,24)(H,21,26). The van der Waals surface area contributed by atoms with E-state index < -0.39 is 18.1 Å². The van der Waals surface area contributed by atoms with Crippen molar-refractivity contribution >= 4 is 23.5 Å². The quantitative estimate of drug-likeness (QED) is 0.837. The first kappa shape index (κ1) is 18.0. The monoisotopic (exact) mass is 356 g/mol. The number of urea groups is 1. The van der Waals surface area contributed by atoms with E-state index in [1.54, 1.807) is 42.4 Å². The summed E-state index contributed by atoms with van der Waals surface area (Å²) in [6.45, 7) is 4.74. The molecule has 1 aromatic rings. The maximum atomic E-state index is 13.0. The third-order valence-electron chi connectivity index (χ3n) is 4.67. The van der Waals surface area contributed by atoms with Crippen molar-refractivity contribution in [3.63, 3.8) is 0 Å². The zero-order chi connectivity index (χ0) is 18.8. The van der Waals surface area contributed by atoms with Crippen LogP contribution in [-0.4, -0.2) is 48.4 Å². The Hall–Kier alpha value is -2.83. The number of imide groups is 1. The SMILES string of the molecule is CC(C)CCNC(=O)C1=CN(C)C2C(=O)N(c3ccccc3)C(=O)NC12. The van der Waals surface area contributed by atoms with E-state index in [9.17, 15) is 14.4 Å². The molecule has 1 saturated heterocycles. The molecule has 2 N–H and O–H groups in total. The van der Waals surface area contributed by atoms with Gasteiger partial charge in [0.25, 0.3) is 11.8 Å². The predicted octanol–water partition coefficient (Wildman–Crippen LogP) is 1.47. The number of likely N-dealkylation sites (N-methyl/N-ethyl adjacent to an activating group) is 1. The Labute approximate surface area is 153 Å². The molecule has 2 aliphatic heterocycles. The Morgan fingerprint density at radius 3 is 2.58 bits per heavy atom. The van der Waals surface area contributed by atoms with Crippen molar-refractivity contribution in [1.82, 2.24) is 15.5 Å². The van der Waals surface area contributed by atoms with Crippen molar-refractivity contribution in [2.45, 2.75) is 32.4 Å². The molecule has 7 heteroatoms. The van der Waals surface area contributed by atoms with Crippen LogP contribution < -0.4 is 15.5 Å². The van der Waals surface area contributed by atoms with Crippen molar-refractivity contribution in [2.24, 2.45) is 5.92 Å². The predicted molar refractivity (Wildman–Crippen MR) is 98.3 cm³/mol. The lowest BCUT2D eigenvalue weighted by atomic mass is 9.99. The highest BCUT2D eigenvalue weighted by atomic mass is 16.2. The number of carbonyl (C=O) groups excluding carboxylic acids is 3. The molecule has 0 spiro atoms. The molecule has 3 rings (SSSR count). The number of nitrogens with zero attached hydrogens (tertiary/aromatic N) is 2. The van der Waals surface area contributed by atoms with E-state index in [2.05, 4.69) is 24.5 Å². The second-order valence-electron chi connectivity index (χ2n) is 7.07. The van der Waals surface area contributed by atoms with E-state index in [0.717, 1.165) is 11.3 Å². The molecule has 4 amide bonds. The second-order valence-corrected chi connectivity index (χ2v) is 7.07. The van der Waals surface area contributed by atoms with Gasteiger partial charge < -0.3 is 15.5 Å². The smallest absolute Gasteiger partial charge is 0.329 e. The van der Waals surface area contributed by atoms with Gasteiger partial charge in [0.05, 0.1) is 17.3 Å². The number of hydrogen-bond acceptors (Lipinski definition) is 4. The van der Waals surface area contributed by atoms with Crippen LogP contribution in [0.3, 0.4) is 0 Å². The lowest BCUT2D eigenvalue weighted by Gasteiger charge is -2.37. The molecule has 0 aromatic heterocycles. The summed E-state index contributed by atoms with van der Waals surface area (Å²) >= 11 is 0. The molecule has 0 radical (unpaired) electrons. The van der Waals surface area contributed by atoms with Gasteiger partial charge in [-0.05, 0) is 24.5 Å². The van der Waals surface area contributed by atoms with Crippen molar-refractivity contribution < 1.29 is 14.4 Å². The lowest BCUT2D eigenvalue weighted by Crippen LogP contribution is -2.65. The molecule has 2 heterocycles. The van der Waals surface area contributed by atoms with Gasteiger partial charge in [-0.1, -0.05) is 32.0 Å². The Kier molecular flexibility index (Phi) is 4.97. The van der Waals surface area contributed by atoms with Gasteiger partial charge in [0.15, 0.2) is 0 Å². The normalized spacial score (nSPS) is 22.2. The summed E-state index contributed by atoms with van der Waals surface area (Å²) in [5, 5.41) is 5.69. The first-order chi connectivity index (χ1) is 12.4. The van der Waals surface area contributed by atoms with Gasteiger partial charge in [-0.25, -0.2) is 9.69 Å². The second kappa shape index (κ2) is 7.19. The number of benzene rings is 1. The minimum Gasteiger partial charge on any atom is -0.366 e. The van der Waals surface area contributed by atoms with Crippen LogP contribution in [0.2, 0.25) is 0 Å². The Bertz CT molecular complexity index is 744. The van der Waals surface area contributed by atoms with Crippen LogP contribution in [0, 0.1) is 5.92 Å². The third-order valence-corrected chi connectivity index (χ3v) is 4.67. The van der Waals surface area contributed by atoms with Crippen LogP contribution in [0.4, 0.5) is 10.5 Å². The number of rotatable bonds is 5. The van der Waals surface area contributed by atoms with Gasteiger partial charge in [-0.3, -0.25) is 9.59 Å². The first-order valence-electron chi connectivity index (χ1n) is 8.81. The summed E-state index contributed by atoms with van der Waals surface area (Å²) in [6.07, 6.45) is 2.52. The summed E-state index contributed by atoms with van der Waals surface area (Å²) in [4.78, 5) is 40.8. The van der Waals surface area contributed by atoms with Crippen molar-refractivity contribution in [3.05, 3.63) is 42.1 Å². The van der Waals surface area contributed by atoms with E-state index in [0.29, 0.717) is 23.7 Å². The van der Waals surface area contributed by atoms with Crippen molar-refractivity contribution in [3.8, 4) is 0 Å². The van der Waals surface area contributed by atoms with Gasteiger partial charge in [-0.2, -0.15) is 0 Å². The molecule has 2 aliphatic rings. The number of amides is 4. The summed E-state index contributed by atoms with van der Waals surface area (Å²) in [5.41, 5.74) is 0.923. The number of fused-ring (bicyclic) bond motifs is 1. The van der Waals surface area contributed by atoms with Gasteiger partial charge in [0.2, 0.25) is 0 Å². The maximum absolute atomic E-state index is 13.0. The number of anilines is 1. The fourth-order valence-electron chi connectivity index (χ4n) is 3.29.